The number of halogens is 3. The zero-order chi connectivity index (χ0) is 21.1. The van der Waals surface area contributed by atoms with Gasteiger partial charge in [0.1, 0.15) is 12.4 Å². The molecule has 8 heteroatoms. The molecular weight excluding hydrogens is 402 g/mol. The molecule has 0 aliphatic carbocycles. The van der Waals surface area contributed by atoms with E-state index in [0.29, 0.717) is 21.8 Å². The summed E-state index contributed by atoms with van der Waals surface area (Å²) in [6, 6.07) is 7.88. The van der Waals surface area contributed by atoms with Crippen LogP contribution < -0.4 is 5.32 Å². The monoisotopic (exact) mass is 420 g/mol. The lowest BCUT2D eigenvalue weighted by Crippen LogP contribution is -2.48. The van der Waals surface area contributed by atoms with Gasteiger partial charge < -0.3 is 10.2 Å². The van der Waals surface area contributed by atoms with Crippen LogP contribution in [-0.2, 0) is 14.4 Å². The lowest BCUT2D eigenvalue weighted by Gasteiger charge is -2.40. The third kappa shape index (κ3) is 4.79. The number of aryl methyl sites for hydroxylation is 1. The molecule has 1 unspecified atom stereocenters. The number of carbonyl (C=O) groups excluding carboxylic acids is 3. The lowest BCUT2D eigenvalue weighted by molar-refractivity contribution is -0.148. The minimum atomic E-state index is -1.70. The quantitative estimate of drug-likeness (QED) is 0.737. The topological polar surface area (TPSA) is 66.5 Å². The van der Waals surface area contributed by atoms with Crippen molar-refractivity contribution in [2.45, 2.75) is 25.8 Å². The van der Waals surface area contributed by atoms with Crippen LogP contribution in [0.5, 0.6) is 0 Å². The van der Waals surface area contributed by atoms with Crippen molar-refractivity contribution in [3.63, 3.8) is 0 Å². The van der Waals surface area contributed by atoms with Gasteiger partial charge in [0.25, 0.3) is 0 Å². The molecule has 2 aromatic rings. The second kappa shape index (κ2) is 8.69. The molecular formula is C21H19ClF2N2O3. The van der Waals surface area contributed by atoms with Gasteiger partial charge in [0.15, 0.2) is 0 Å². The second-order valence-electron chi connectivity index (χ2n) is 6.97. The summed E-state index contributed by atoms with van der Waals surface area (Å²) in [6.07, 6.45) is 0.161. The van der Waals surface area contributed by atoms with E-state index in [0.717, 1.165) is 4.90 Å². The molecule has 2 amide bonds. The standard InChI is InChI=1S/C21H19ClF2N2O3/c1-12-5-6-14(23)10-17(12)20-16(7-8-19(28)26(20)11-18(24)27)21(29)25-15-4-2-3-13(22)9-15/h2-6,9-10,16,20H,7-8,11H2,1H3,(H,25,29)/t16?,20-/m0/s1. The molecule has 5 nitrogen and oxygen atoms in total. The Bertz CT molecular complexity index is 967. The molecule has 152 valence electrons. The van der Waals surface area contributed by atoms with E-state index in [1.807, 2.05) is 0 Å². The summed E-state index contributed by atoms with van der Waals surface area (Å²) < 4.78 is 27.2. The van der Waals surface area contributed by atoms with E-state index in [2.05, 4.69) is 5.32 Å². The Morgan fingerprint density at radius 3 is 2.69 bits per heavy atom. The number of amides is 2. The van der Waals surface area contributed by atoms with Crippen molar-refractivity contribution in [2.75, 3.05) is 11.9 Å². The van der Waals surface area contributed by atoms with Crippen LogP contribution in [0.25, 0.3) is 0 Å². The molecule has 29 heavy (non-hydrogen) atoms. The summed E-state index contributed by atoms with van der Waals surface area (Å²) in [6.45, 7) is 0.912. The number of piperidine rings is 1. The van der Waals surface area contributed by atoms with E-state index in [-0.39, 0.29) is 12.8 Å². The number of nitrogens with one attached hydrogen (secondary N) is 1. The summed E-state index contributed by atoms with van der Waals surface area (Å²) >= 11 is 5.95. The van der Waals surface area contributed by atoms with Gasteiger partial charge in [-0.2, -0.15) is 4.39 Å². The van der Waals surface area contributed by atoms with Gasteiger partial charge in [0.2, 0.25) is 11.8 Å². The van der Waals surface area contributed by atoms with E-state index in [1.54, 1.807) is 31.2 Å². The van der Waals surface area contributed by atoms with Crippen molar-refractivity contribution >= 4 is 35.1 Å². The zero-order valence-corrected chi connectivity index (χ0v) is 16.4. The van der Waals surface area contributed by atoms with Crippen LogP contribution in [-0.4, -0.2) is 29.3 Å². The maximum Gasteiger partial charge on any atom is 0.320 e. The number of likely N-dealkylation sites (tertiary alicyclic amines) is 1. The first kappa shape index (κ1) is 20.9. The van der Waals surface area contributed by atoms with Crippen LogP contribution in [0.15, 0.2) is 42.5 Å². The molecule has 0 saturated carbocycles. The van der Waals surface area contributed by atoms with Crippen LogP contribution in [0, 0.1) is 18.7 Å². The predicted octanol–water partition coefficient (Wildman–Crippen LogP) is 4.20. The first-order chi connectivity index (χ1) is 13.8. The Labute approximate surface area is 171 Å². The highest BCUT2D eigenvalue weighted by molar-refractivity contribution is 6.30. The van der Waals surface area contributed by atoms with Gasteiger partial charge in [0.05, 0.1) is 12.0 Å². The van der Waals surface area contributed by atoms with Crippen molar-refractivity contribution in [3.05, 3.63) is 64.4 Å². The van der Waals surface area contributed by atoms with E-state index < -0.39 is 42.2 Å². The Morgan fingerprint density at radius 1 is 1.24 bits per heavy atom. The number of carbonyl (C=O) groups is 3. The minimum absolute atomic E-state index is 0.0220. The number of hydrogen-bond donors (Lipinski definition) is 1. The molecule has 1 fully saturated rings. The van der Waals surface area contributed by atoms with Crippen LogP contribution in [0.2, 0.25) is 5.02 Å². The van der Waals surface area contributed by atoms with Gasteiger partial charge >= 0.3 is 6.04 Å². The molecule has 0 bridgehead atoms. The van der Waals surface area contributed by atoms with Crippen molar-refractivity contribution in [1.82, 2.24) is 4.90 Å². The number of nitrogens with zero attached hydrogens (tertiary/aromatic N) is 1. The Hall–Kier alpha value is -2.80. The van der Waals surface area contributed by atoms with Crippen molar-refractivity contribution < 1.29 is 23.2 Å². The molecule has 0 aromatic heterocycles. The molecule has 0 spiro atoms. The van der Waals surface area contributed by atoms with Crippen LogP contribution in [0.1, 0.15) is 30.0 Å². The average Bonchev–Trinajstić information content (AvgIpc) is 2.65. The third-order valence-electron chi connectivity index (χ3n) is 4.99. The summed E-state index contributed by atoms with van der Waals surface area (Å²) in [5, 5.41) is 3.18. The average molecular weight is 421 g/mol. The number of rotatable bonds is 5. The van der Waals surface area contributed by atoms with Crippen LogP contribution in [0.4, 0.5) is 14.5 Å². The number of anilines is 1. The molecule has 1 aliphatic heterocycles. The van der Waals surface area contributed by atoms with E-state index >= 15 is 0 Å². The molecule has 1 N–H and O–H groups in total. The first-order valence-corrected chi connectivity index (χ1v) is 9.44. The Morgan fingerprint density at radius 2 is 2.00 bits per heavy atom. The van der Waals surface area contributed by atoms with E-state index in [4.69, 9.17) is 11.6 Å². The highest BCUT2D eigenvalue weighted by Gasteiger charge is 2.42. The van der Waals surface area contributed by atoms with Gasteiger partial charge in [-0.15, -0.1) is 0 Å². The van der Waals surface area contributed by atoms with Gasteiger partial charge in [0, 0.05) is 17.1 Å². The number of benzene rings is 2. The van der Waals surface area contributed by atoms with Crippen molar-refractivity contribution in [2.24, 2.45) is 5.92 Å². The highest BCUT2D eigenvalue weighted by atomic mass is 35.5. The maximum absolute atomic E-state index is 13.9. The summed E-state index contributed by atoms with van der Waals surface area (Å²) in [7, 11) is 0. The van der Waals surface area contributed by atoms with Gasteiger partial charge in [-0.05, 0) is 54.8 Å². The highest BCUT2D eigenvalue weighted by Crippen LogP contribution is 2.39. The van der Waals surface area contributed by atoms with Gasteiger partial charge in [-0.25, -0.2) is 4.39 Å². The van der Waals surface area contributed by atoms with Gasteiger partial charge in [-0.3, -0.25) is 14.4 Å². The SMILES string of the molecule is Cc1ccc(F)cc1[C@@H]1C(C(=O)Nc2cccc(Cl)c2)CCC(=O)N1CC(=O)F. The van der Waals surface area contributed by atoms with E-state index in [9.17, 15) is 23.2 Å². The van der Waals surface area contributed by atoms with Crippen LogP contribution in [0.3, 0.4) is 0 Å². The summed E-state index contributed by atoms with van der Waals surface area (Å²) in [4.78, 5) is 37.6. The fraction of sp³-hybridized carbons (Fsp3) is 0.286. The van der Waals surface area contributed by atoms with E-state index in [1.165, 1.54) is 18.2 Å². The molecule has 2 aromatic carbocycles. The van der Waals surface area contributed by atoms with Gasteiger partial charge in [-0.1, -0.05) is 23.7 Å². The summed E-state index contributed by atoms with van der Waals surface area (Å²) in [5.41, 5.74) is 1.45. The minimum Gasteiger partial charge on any atom is -0.326 e. The smallest absolute Gasteiger partial charge is 0.320 e. The molecule has 2 atom stereocenters. The normalized spacial score (nSPS) is 19.2. The lowest BCUT2D eigenvalue weighted by atomic mass is 9.82. The third-order valence-corrected chi connectivity index (χ3v) is 5.23. The molecule has 0 radical (unpaired) electrons. The second-order valence-corrected chi connectivity index (χ2v) is 7.40. The first-order valence-electron chi connectivity index (χ1n) is 9.06. The predicted molar refractivity (Wildman–Crippen MR) is 105 cm³/mol. The number of hydrogen-bond acceptors (Lipinski definition) is 3. The molecule has 1 aliphatic rings. The fourth-order valence-electron chi connectivity index (χ4n) is 3.66. The van der Waals surface area contributed by atoms with Crippen LogP contribution >= 0.6 is 11.6 Å². The maximum atomic E-state index is 13.9. The van der Waals surface area contributed by atoms with Crippen molar-refractivity contribution in [3.8, 4) is 0 Å². The Balaban J connectivity index is 2.00. The summed E-state index contributed by atoms with van der Waals surface area (Å²) in [5.74, 6) is -2.24. The largest absolute Gasteiger partial charge is 0.326 e. The zero-order valence-electron chi connectivity index (χ0n) is 15.6. The van der Waals surface area contributed by atoms with Crippen molar-refractivity contribution in [1.29, 1.82) is 0 Å². The molecule has 1 heterocycles. The Kier molecular flexibility index (Phi) is 6.27. The molecule has 3 rings (SSSR count). The molecule has 1 saturated heterocycles. The fourth-order valence-corrected chi connectivity index (χ4v) is 3.85.